The zero-order valence-corrected chi connectivity index (χ0v) is 11.2. The molecule has 0 saturated heterocycles. The largest absolute Gasteiger partial charge is 0.324 e. The quantitative estimate of drug-likeness (QED) is 0.800. The van der Waals surface area contributed by atoms with E-state index >= 15 is 0 Å². The topological polar surface area (TPSA) is 26.0 Å². The Hall–Kier alpha value is -0.470. The van der Waals surface area contributed by atoms with Gasteiger partial charge in [-0.15, -0.1) is 0 Å². The highest BCUT2D eigenvalue weighted by Crippen LogP contribution is 2.34. The fourth-order valence-electron chi connectivity index (χ4n) is 2.23. The molecule has 0 saturated carbocycles. The van der Waals surface area contributed by atoms with Gasteiger partial charge in [0.05, 0.1) is 0 Å². The maximum absolute atomic E-state index is 6.29. The van der Waals surface area contributed by atoms with Crippen molar-refractivity contribution >= 4 is 11.8 Å². The zero-order valence-electron chi connectivity index (χ0n) is 10.4. The summed E-state index contributed by atoms with van der Waals surface area (Å²) in [6.45, 7) is 6.75. The molecular formula is C14H21NS. The molecule has 1 aliphatic heterocycles. The normalized spacial score (nSPS) is 25.3. The summed E-state index contributed by atoms with van der Waals surface area (Å²) in [5, 5.41) is 0.671. The van der Waals surface area contributed by atoms with Crippen LogP contribution in [0, 0.1) is 0 Å². The highest BCUT2D eigenvalue weighted by atomic mass is 32.2. The van der Waals surface area contributed by atoms with E-state index in [0.717, 1.165) is 12.2 Å². The molecule has 0 spiro atoms. The van der Waals surface area contributed by atoms with Crippen LogP contribution >= 0.6 is 11.8 Å². The molecule has 88 valence electrons. The van der Waals surface area contributed by atoms with Crippen LogP contribution in [0.1, 0.15) is 55.8 Å². The first-order chi connectivity index (χ1) is 7.58. The molecule has 2 rings (SSSR count). The Morgan fingerprint density at radius 3 is 2.81 bits per heavy atom. The molecule has 2 heteroatoms. The molecule has 1 aromatic carbocycles. The lowest BCUT2D eigenvalue weighted by atomic mass is 9.93. The second-order valence-electron chi connectivity index (χ2n) is 5.08. The minimum atomic E-state index is 0.221. The summed E-state index contributed by atoms with van der Waals surface area (Å²) in [7, 11) is 0. The average Bonchev–Trinajstić information content (AvgIpc) is 2.38. The molecule has 16 heavy (non-hydrogen) atoms. The fraction of sp³-hybridized carbons (Fsp3) is 0.571. The average molecular weight is 235 g/mol. The van der Waals surface area contributed by atoms with Crippen LogP contribution in [0.3, 0.4) is 0 Å². The van der Waals surface area contributed by atoms with Crippen LogP contribution in [0.4, 0.5) is 0 Å². The third-order valence-electron chi connectivity index (χ3n) is 3.35. The predicted octanol–water partition coefficient (Wildman–Crippen LogP) is 3.84. The highest BCUT2D eigenvalue weighted by molar-refractivity contribution is 7.99. The lowest BCUT2D eigenvalue weighted by molar-refractivity contribution is 0.649. The van der Waals surface area contributed by atoms with Crippen molar-refractivity contribution in [3.8, 4) is 0 Å². The maximum atomic E-state index is 6.29. The Labute approximate surface area is 103 Å². The molecule has 0 radical (unpaired) electrons. The number of nitrogens with two attached hydrogens (primary N) is 1. The zero-order chi connectivity index (χ0) is 11.7. The molecule has 1 aliphatic rings. The minimum absolute atomic E-state index is 0.221. The third kappa shape index (κ3) is 2.44. The van der Waals surface area contributed by atoms with E-state index in [1.54, 1.807) is 0 Å². The molecule has 0 fully saturated rings. The van der Waals surface area contributed by atoms with Gasteiger partial charge in [-0.2, -0.15) is 11.8 Å². The van der Waals surface area contributed by atoms with E-state index in [0.29, 0.717) is 11.2 Å². The van der Waals surface area contributed by atoms with Gasteiger partial charge in [-0.1, -0.05) is 39.0 Å². The van der Waals surface area contributed by atoms with E-state index < -0.39 is 0 Å². The van der Waals surface area contributed by atoms with Gasteiger partial charge in [0.15, 0.2) is 0 Å². The summed E-state index contributed by atoms with van der Waals surface area (Å²) >= 11 is 2.02. The Morgan fingerprint density at radius 1 is 1.38 bits per heavy atom. The highest BCUT2D eigenvalue weighted by Gasteiger charge is 2.20. The van der Waals surface area contributed by atoms with Crippen LogP contribution in [-0.4, -0.2) is 5.25 Å². The predicted molar refractivity (Wildman–Crippen MR) is 72.8 cm³/mol. The third-order valence-corrected chi connectivity index (χ3v) is 4.58. The monoisotopic (exact) mass is 235 g/mol. The lowest BCUT2D eigenvalue weighted by Gasteiger charge is -2.16. The van der Waals surface area contributed by atoms with E-state index in [-0.39, 0.29) is 6.04 Å². The van der Waals surface area contributed by atoms with Gasteiger partial charge in [0, 0.05) is 17.0 Å². The van der Waals surface area contributed by atoms with Crippen LogP contribution in [0.5, 0.6) is 0 Å². The minimum Gasteiger partial charge on any atom is -0.324 e. The van der Waals surface area contributed by atoms with E-state index in [1.165, 1.54) is 16.7 Å². The Bertz CT molecular complexity index is 373. The maximum Gasteiger partial charge on any atom is 0.0308 e. The van der Waals surface area contributed by atoms with Gasteiger partial charge in [0.25, 0.3) is 0 Å². The smallest absolute Gasteiger partial charge is 0.0308 e. The van der Waals surface area contributed by atoms with Crippen molar-refractivity contribution in [1.82, 2.24) is 0 Å². The second-order valence-corrected chi connectivity index (χ2v) is 6.50. The summed E-state index contributed by atoms with van der Waals surface area (Å²) in [4.78, 5) is 0. The molecular weight excluding hydrogens is 214 g/mol. The number of hydrogen-bond acceptors (Lipinski definition) is 2. The van der Waals surface area contributed by atoms with Crippen LogP contribution in [0.2, 0.25) is 0 Å². The van der Waals surface area contributed by atoms with Gasteiger partial charge in [-0.25, -0.2) is 0 Å². The second kappa shape index (κ2) is 4.80. The number of thioether (sulfide) groups is 1. The van der Waals surface area contributed by atoms with E-state index in [4.69, 9.17) is 5.73 Å². The van der Waals surface area contributed by atoms with Crippen molar-refractivity contribution in [3.63, 3.8) is 0 Å². The Kier molecular flexibility index (Phi) is 3.60. The Balaban J connectivity index is 2.37. The summed E-state index contributed by atoms with van der Waals surface area (Å²) in [6.07, 6.45) is 1.10. The molecule has 2 atom stereocenters. The van der Waals surface area contributed by atoms with Gasteiger partial charge >= 0.3 is 0 Å². The fourth-order valence-corrected chi connectivity index (χ4v) is 3.30. The van der Waals surface area contributed by atoms with Crippen molar-refractivity contribution in [2.45, 2.75) is 50.2 Å². The van der Waals surface area contributed by atoms with E-state index in [1.807, 2.05) is 11.8 Å². The standard InChI is InChI=1S/C14H21NS/c1-9(2)11-4-5-12-8-16-10(3)6-14(15)13(12)7-11/h4-5,7,9-10,14H,6,8,15H2,1-3H3. The molecule has 0 aromatic heterocycles. The van der Waals surface area contributed by atoms with Gasteiger partial charge < -0.3 is 5.73 Å². The molecule has 2 unspecified atom stereocenters. The number of benzene rings is 1. The van der Waals surface area contributed by atoms with Gasteiger partial charge in [0.1, 0.15) is 0 Å². The molecule has 1 aromatic rings. The number of rotatable bonds is 1. The van der Waals surface area contributed by atoms with Crippen molar-refractivity contribution in [3.05, 3.63) is 34.9 Å². The molecule has 0 amide bonds. The molecule has 1 nitrogen and oxygen atoms in total. The summed E-state index contributed by atoms with van der Waals surface area (Å²) < 4.78 is 0. The summed E-state index contributed by atoms with van der Waals surface area (Å²) in [5.74, 6) is 1.70. The van der Waals surface area contributed by atoms with Crippen molar-refractivity contribution in [2.24, 2.45) is 5.73 Å². The first-order valence-electron chi connectivity index (χ1n) is 6.08. The Morgan fingerprint density at radius 2 is 2.12 bits per heavy atom. The van der Waals surface area contributed by atoms with Gasteiger partial charge in [-0.3, -0.25) is 0 Å². The van der Waals surface area contributed by atoms with Crippen LogP contribution in [-0.2, 0) is 5.75 Å². The number of fused-ring (bicyclic) bond motifs is 1. The van der Waals surface area contributed by atoms with Crippen LogP contribution in [0.25, 0.3) is 0 Å². The number of hydrogen-bond donors (Lipinski definition) is 1. The SMILES string of the molecule is CC1CC(N)c2cc(C(C)C)ccc2CS1. The molecule has 2 N–H and O–H groups in total. The lowest BCUT2D eigenvalue weighted by Crippen LogP contribution is -2.14. The van der Waals surface area contributed by atoms with Crippen LogP contribution < -0.4 is 5.73 Å². The van der Waals surface area contributed by atoms with Crippen molar-refractivity contribution < 1.29 is 0 Å². The van der Waals surface area contributed by atoms with Crippen LogP contribution in [0.15, 0.2) is 18.2 Å². The van der Waals surface area contributed by atoms with Crippen molar-refractivity contribution in [2.75, 3.05) is 0 Å². The van der Waals surface area contributed by atoms with Crippen molar-refractivity contribution in [1.29, 1.82) is 0 Å². The first-order valence-corrected chi connectivity index (χ1v) is 7.12. The van der Waals surface area contributed by atoms with E-state index in [2.05, 4.69) is 39.0 Å². The molecule has 0 aliphatic carbocycles. The summed E-state index contributed by atoms with van der Waals surface area (Å²) in [5.41, 5.74) is 10.5. The van der Waals surface area contributed by atoms with Gasteiger partial charge in [0.2, 0.25) is 0 Å². The summed E-state index contributed by atoms with van der Waals surface area (Å²) in [6, 6.07) is 7.07. The first kappa shape index (κ1) is 12.0. The molecule has 1 heterocycles. The van der Waals surface area contributed by atoms with E-state index in [9.17, 15) is 0 Å². The van der Waals surface area contributed by atoms with Gasteiger partial charge in [-0.05, 0) is 29.0 Å². The molecule has 0 bridgehead atoms.